The Morgan fingerprint density at radius 3 is 2.45 bits per heavy atom. The van der Waals surface area contributed by atoms with Gasteiger partial charge < -0.3 is 14.7 Å². The second kappa shape index (κ2) is 7.68. The fourth-order valence-electron chi connectivity index (χ4n) is 3.81. The molecule has 0 radical (unpaired) electrons. The summed E-state index contributed by atoms with van der Waals surface area (Å²) >= 11 is 0. The topological polar surface area (TPSA) is 97.0 Å². The molecule has 0 aliphatic carbocycles. The highest BCUT2D eigenvalue weighted by atomic mass is 32.2. The molecule has 31 heavy (non-hydrogen) atoms. The second-order valence-corrected chi connectivity index (χ2v) is 9.52. The third-order valence-electron chi connectivity index (χ3n) is 5.06. The Kier molecular flexibility index (Phi) is 5.30. The summed E-state index contributed by atoms with van der Waals surface area (Å²) in [5.41, 5.74) is 1.72. The van der Waals surface area contributed by atoms with Gasteiger partial charge in [0.1, 0.15) is 5.75 Å². The van der Waals surface area contributed by atoms with Crippen LogP contribution in [0.4, 0.5) is 13.2 Å². The van der Waals surface area contributed by atoms with Crippen LogP contribution in [0.15, 0.2) is 47.7 Å². The number of alkyl halides is 3. The fraction of sp³-hybridized carbons (Fsp3) is 0.368. The van der Waals surface area contributed by atoms with E-state index in [1.807, 2.05) is 0 Å². The zero-order valence-electron chi connectivity index (χ0n) is 16.3. The molecule has 3 heterocycles. The van der Waals surface area contributed by atoms with E-state index in [1.165, 1.54) is 24.3 Å². The number of ether oxygens (including phenoxy) is 1. The van der Waals surface area contributed by atoms with Gasteiger partial charge in [0.05, 0.1) is 29.8 Å². The van der Waals surface area contributed by atoms with Gasteiger partial charge in [-0.25, -0.2) is 8.42 Å². The van der Waals surface area contributed by atoms with Crippen molar-refractivity contribution in [1.82, 2.24) is 14.7 Å². The van der Waals surface area contributed by atoms with Gasteiger partial charge in [-0.1, -0.05) is 0 Å². The fourth-order valence-corrected chi connectivity index (χ4v) is 5.60. The zero-order valence-corrected chi connectivity index (χ0v) is 17.1. The van der Waals surface area contributed by atoms with Crippen LogP contribution in [0.5, 0.6) is 5.75 Å². The maximum atomic E-state index is 12.5. The average molecular weight is 456 g/mol. The molecule has 8 nitrogen and oxygen atoms in total. The van der Waals surface area contributed by atoms with Gasteiger partial charge in [0.15, 0.2) is 16.0 Å². The van der Waals surface area contributed by atoms with E-state index in [4.69, 9.17) is 0 Å². The summed E-state index contributed by atoms with van der Waals surface area (Å²) in [5.74, 6) is -1.02. The van der Waals surface area contributed by atoms with Gasteiger partial charge in [-0.3, -0.25) is 9.67 Å². The molecular formula is C19H19F3N4O4S. The van der Waals surface area contributed by atoms with E-state index in [2.05, 4.69) is 14.8 Å². The largest absolute Gasteiger partial charge is 0.573 e. The molecule has 1 fully saturated rings. The zero-order chi connectivity index (χ0) is 22.4. The van der Waals surface area contributed by atoms with Crippen molar-refractivity contribution in [1.29, 1.82) is 0 Å². The first-order chi connectivity index (χ1) is 14.5. The van der Waals surface area contributed by atoms with Crippen molar-refractivity contribution in [3.8, 4) is 5.75 Å². The number of hydrogen-bond acceptors (Lipinski definition) is 7. The van der Waals surface area contributed by atoms with Crippen LogP contribution in [0, 0.1) is 0 Å². The van der Waals surface area contributed by atoms with Gasteiger partial charge >= 0.3 is 6.36 Å². The number of aliphatic hydroxyl groups excluding tert-OH is 1. The molecule has 1 saturated heterocycles. The van der Waals surface area contributed by atoms with Gasteiger partial charge in [0.2, 0.25) is 0 Å². The third-order valence-corrected chi connectivity index (χ3v) is 6.76. The average Bonchev–Trinajstić information content (AvgIpc) is 3.22. The maximum Gasteiger partial charge on any atom is 0.573 e. The number of halogens is 3. The summed E-state index contributed by atoms with van der Waals surface area (Å²) in [6.07, 6.45) is -0.120. The Morgan fingerprint density at radius 1 is 1.19 bits per heavy atom. The predicted molar refractivity (Wildman–Crippen MR) is 106 cm³/mol. The van der Waals surface area contributed by atoms with Gasteiger partial charge in [-0.15, -0.1) is 13.2 Å². The Bertz CT molecular complexity index is 1130. The first-order valence-electron chi connectivity index (χ1n) is 9.27. The minimum atomic E-state index is -4.81. The smallest absolute Gasteiger partial charge is 0.406 e. The molecule has 0 amide bonds. The Balaban J connectivity index is 1.73. The molecule has 1 unspecified atom stereocenters. The number of rotatable bonds is 4. The highest BCUT2D eigenvalue weighted by Crippen LogP contribution is 2.38. The molecule has 2 aliphatic rings. The van der Waals surface area contributed by atoms with Crippen LogP contribution >= 0.6 is 0 Å². The number of nitrogens with zero attached hydrogens (tertiary/aromatic N) is 4. The van der Waals surface area contributed by atoms with Crippen molar-refractivity contribution < 1.29 is 31.4 Å². The maximum absolute atomic E-state index is 12.5. The summed E-state index contributed by atoms with van der Waals surface area (Å²) < 4.78 is 67.3. The molecule has 3 atom stereocenters. The highest BCUT2D eigenvalue weighted by molar-refractivity contribution is 7.91. The monoisotopic (exact) mass is 456 g/mol. The van der Waals surface area contributed by atoms with E-state index in [-0.39, 0.29) is 17.3 Å². The van der Waals surface area contributed by atoms with Gasteiger partial charge in [-0.05, 0) is 35.9 Å². The van der Waals surface area contributed by atoms with Crippen LogP contribution in [-0.4, -0.2) is 64.4 Å². The molecule has 1 aromatic heterocycles. The second-order valence-electron chi connectivity index (χ2n) is 7.36. The molecule has 0 saturated carbocycles. The molecule has 2 aromatic rings. The lowest BCUT2D eigenvalue weighted by Gasteiger charge is -2.40. The molecule has 166 valence electrons. The van der Waals surface area contributed by atoms with Crippen LogP contribution in [0.3, 0.4) is 0 Å². The number of aryl methyl sites for hydroxylation is 1. The molecule has 0 spiro atoms. The minimum Gasteiger partial charge on any atom is -0.406 e. The van der Waals surface area contributed by atoms with E-state index in [9.17, 15) is 26.7 Å². The Hall–Kier alpha value is -2.86. The summed E-state index contributed by atoms with van der Waals surface area (Å²) in [7, 11) is -1.74. The van der Waals surface area contributed by atoms with Crippen LogP contribution in [0.1, 0.15) is 17.3 Å². The van der Waals surface area contributed by atoms with Gasteiger partial charge in [0.25, 0.3) is 0 Å². The van der Waals surface area contributed by atoms with Crippen molar-refractivity contribution in [2.45, 2.75) is 24.7 Å². The molecule has 0 bridgehead atoms. The number of aliphatic imine (C=N–C) groups is 1. The first-order valence-corrected chi connectivity index (χ1v) is 11.1. The molecule has 12 heteroatoms. The Morgan fingerprint density at radius 2 is 1.90 bits per heavy atom. The lowest BCUT2D eigenvalue weighted by atomic mass is 10.0. The lowest BCUT2D eigenvalue weighted by molar-refractivity contribution is -0.274. The minimum absolute atomic E-state index is 0.271. The van der Waals surface area contributed by atoms with E-state index in [0.29, 0.717) is 16.8 Å². The standard InChI is InChI=1S/C19H19F3N4O4S/c1-25-9-13(8-24-25)18-23-7-6-15(26(18)16-10-31(28,29)11-17(16)27)12-2-4-14(5-3-12)30-19(20,21)22/h2-9,16-18,27H,10-11H2,1H3/t16-,17+,18?/m1/s1. The number of benzene rings is 1. The van der Waals surface area contributed by atoms with Crippen LogP contribution < -0.4 is 4.74 Å². The highest BCUT2D eigenvalue weighted by Gasteiger charge is 2.44. The SMILES string of the molecule is Cn1cc(C2N=CC=C(c3ccc(OC(F)(F)F)cc3)N2[C@@H]2CS(=O)(=O)C[C@@H]2O)cn1. The Labute approximate surface area is 176 Å². The number of sulfone groups is 1. The predicted octanol–water partition coefficient (Wildman–Crippen LogP) is 1.90. The van der Waals surface area contributed by atoms with Gasteiger partial charge in [0, 0.05) is 30.7 Å². The third kappa shape index (κ3) is 4.59. The quantitative estimate of drug-likeness (QED) is 0.755. The van der Waals surface area contributed by atoms with E-state index >= 15 is 0 Å². The van der Waals surface area contributed by atoms with Crippen molar-refractivity contribution >= 4 is 21.7 Å². The van der Waals surface area contributed by atoms with Crippen LogP contribution in [-0.2, 0) is 16.9 Å². The molecular weight excluding hydrogens is 437 g/mol. The normalized spacial score (nSPS) is 25.5. The van der Waals surface area contributed by atoms with E-state index in [0.717, 1.165) is 0 Å². The number of allylic oxidation sites excluding steroid dienone is 1. The van der Waals surface area contributed by atoms with Crippen LogP contribution in [0.2, 0.25) is 0 Å². The van der Waals surface area contributed by atoms with Crippen LogP contribution in [0.25, 0.3) is 5.70 Å². The van der Waals surface area contributed by atoms with Gasteiger partial charge in [-0.2, -0.15) is 5.10 Å². The summed E-state index contributed by atoms with van der Waals surface area (Å²) in [6, 6.07) is 4.44. The van der Waals surface area contributed by atoms with E-state index in [1.54, 1.807) is 41.3 Å². The summed E-state index contributed by atoms with van der Waals surface area (Å²) in [5, 5.41) is 14.7. The van der Waals surface area contributed by atoms with Crippen molar-refractivity contribution in [2.75, 3.05) is 11.5 Å². The van der Waals surface area contributed by atoms with Crippen molar-refractivity contribution in [2.24, 2.45) is 12.0 Å². The molecule has 2 aliphatic heterocycles. The summed E-state index contributed by atoms with van der Waals surface area (Å²) in [6.45, 7) is 0. The van der Waals surface area contributed by atoms with E-state index < -0.39 is 34.5 Å². The molecule has 4 rings (SSSR count). The first kappa shape index (κ1) is 21.4. The lowest BCUT2D eigenvalue weighted by Crippen LogP contribution is -2.44. The molecule has 1 aromatic carbocycles. The number of hydrogen-bond donors (Lipinski definition) is 1. The summed E-state index contributed by atoms with van der Waals surface area (Å²) in [4.78, 5) is 6.14. The van der Waals surface area contributed by atoms with Crippen molar-refractivity contribution in [3.05, 3.63) is 53.9 Å². The molecule has 1 N–H and O–H groups in total. The number of aromatic nitrogens is 2. The number of aliphatic hydroxyl groups is 1. The van der Waals surface area contributed by atoms with Crippen molar-refractivity contribution in [3.63, 3.8) is 0 Å².